The van der Waals surface area contributed by atoms with Gasteiger partial charge in [-0.3, -0.25) is 14.4 Å². The fourth-order valence-corrected chi connectivity index (χ4v) is 6.47. The lowest BCUT2D eigenvalue weighted by Gasteiger charge is -2.34. The number of halogens is 5. The summed E-state index contributed by atoms with van der Waals surface area (Å²) in [6.07, 6.45) is -1.82. The van der Waals surface area contributed by atoms with Crippen molar-refractivity contribution >= 4 is 55.1 Å². The number of fused-ring (bicyclic) bond motifs is 1. The Morgan fingerprint density at radius 2 is 1.76 bits per heavy atom. The van der Waals surface area contributed by atoms with Crippen molar-refractivity contribution < 1.29 is 22.8 Å². The molecule has 2 aromatic heterocycles. The maximum absolute atomic E-state index is 14.0. The molecule has 0 spiro atoms. The van der Waals surface area contributed by atoms with Gasteiger partial charge in [0.05, 0.1) is 40.2 Å². The zero-order valence-corrected chi connectivity index (χ0v) is 26.6. The van der Waals surface area contributed by atoms with Crippen LogP contribution in [0.2, 0.25) is 16.6 Å². The number of rotatable bonds is 6. The normalized spacial score (nSPS) is 14.7. The Kier molecular flexibility index (Phi) is 9.01. The molecular weight excluding hydrogens is 650 g/mol. The summed E-state index contributed by atoms with van der Waals surface area (Å²) < 4.78 is 40.6. The van der Waals surface area contributed by atoms with E-state index >= 15 is 0 Å². The molecule has 3 heterocycles. The largest absolute Gasteiger partial charge is 0.416 e. The molecule has 45 heavy (non-hydrogen) atoms. The standard InChI is InChI=1S/C29H25Cl2F3N7O3Si/c1-15-10-19-23(14-40(15)26(43)16-4-9-20(30)21(31)11-16)38-28(39-45(3)18-7-5-17(6-8-18)29(32,33)34)41(27(19)44)24-13-36-22(12-37-24)25(42)35-2/h4-9,11-13,15H,10,14H2,1-3H3,(H,35,42)(H,38,39)/t15-/m1/s1. The van der Waals surface area contributed by atoms with E-state index in [9.17, 15) is 27.6 Å². The van der Waals surface area contributed by atoms with Crippen LogP contribution in [-0.2, 0) is 19.1 Å². The maximum Gasteiger partial charge on any atom is 0.416 e. The number of nitrogens with zero attached hydrogens (tertiary/aromatic N) is 5. The molecule has 1 atom stereocenters. The van der Waals surface area contributed by atoms with E-state index in [0.717, 1.165) is 12.1 Å². The molecule has 1 aliphatic rings. The molecule has 0 saturated carbocycles. The lowest BCUT2D eigenvalue weighted by atomic mass is 9.98. The minimum atomic E-state index is -4.48. The van der Waals surface area contributed by atoms with Gasteiger partial charge in [-0.05, 0) is 43.3 Å². The van der Waals surface area contributed by atoms with Gasteiger partial charge in [0.1, 0.15) is 5.69 Å². The van der Waals surface area contributed by atoms with Gasteiger partial charge < -0.3 is 15.2 Å². The zero-order valence-electron chi connectivity index (χ0n) is 24.0. The second kappa shape index (κ2) is 12.6. The molecule has 0 saturated heterocycles. The molecule has 1 radical (unpaired) electrons. The quantitative estimate of drug-likeness (QED) is 0.294. The van der Waals surface area contributed by atoms with E-state index in [2.05, 4.69) is 20.3 Å². The van der Waals surface area contributed by atoms with E-state index in [-0.39, 0.29) is 47.4 Å². The van der Waals surface area contributed by atoms with Crippen LogP contribution >= 0.6 is 23.2 Å². The third kappa shape index (κ3) is 6.58. The monoisotopic (exact) mass is 674 g/mol. The Bertz CT molecular complexity index is 1840. The third-order valence-electron chi connectivity index (χ3n) is 7.31. The molecular formula is C29H25Cl2F3N7O3Si. The summed E-state index contributed by atoms with van der Waals surface area (Å²) in [6, 6.07) is 8.93. The first-order valence-corrected chi connectivity index (χ1v) is 16.3. The average Bonchev–Trinajstić information content (AvgIpc) is 3.01. The molecule has 2 N–H and O–H groups in total. The van der Waals surface area contributed by atoms with Crippen LogP contribution < -0.4 is 21.0 Å². The average molecular weight is 676 g/mol. The number of carbonyl (C=O) groups is 2. The Labute approximate surface area is 266 Å². The fourth-order valence-electron chi connectivity index (χ4n) is 4.85. The predicted octanol–water partition coefficient (Wildman–Crippen LogP) is 4.24. The molecule has 4 aromatic rings. The smallest absolute Gasteiger partial charge is 0.377 e. The van der Waals surface area contributed by atoms with Crippen LogP contribution in [0.15, 0.2) is 59.7 Å². The Morgan fingerprint density at radius 1 is 1.04 bits per heavy atom. The van der Waals surface area contributed by atoms with Crippen LogP contribution in [0.25, 0.3) is 5.82 Å². The topological polar surface area (TPSA) is 122 Å². The first-order valence-electron chi connectivity index (χ1n) is 13.5. The zero-order chi connectivity index (χ0) is 32.6. The van der Waals surface area contributed by atoms with Crippen LogP contribution in [0.3, 0.4) is 0 Å². The van der Waals surface area contributed by atoms with Crippen molar-refractivity contribution in [3.63, 3.8) is 0 Å². The summed E-state index contributed by atoms with van der Waals surface area (Å²) >= 11 is 12.2. The van der Waals surface area contributed by atoms with Gasteiger partial charge in [0.25, 0.3) is 17.4 Å². The van der Waals surface area contributed by atoms with E-state index in [1.165, 1.54) is 48.3 Å². The van der Waals surface area contributed by atoms with E-state index in [1.807, 2.05) is 6.92 Å². The number of hydrogen-bond donors (Lipinski definition) is 2. The second-order valence-electron chi connectivity index (χ2n) is 10.3. The maximum atomic E-state index is 14.0. The van der Waals surface area contributed by atoms with Gasteiger partial charge in [-0.2, -0.15) is 13.2 Å². The molecule has 16 heteroatoms. The summed E-state index contributed by atoms with van der Waals surface area (Å²) in [5.74, 6) is -0.652. The molecule has 0 aliphatic carbocycles. The van der Waals surface area contributed by atoms with Gasteiger partial charge >= 0.3 is 6.18 Å². The number of aromatic nitrogens is 4. The van der Waals surface area contributed by atoms with Crippen molar-refractivity contribution in [1.29, 1.82) is 0 Å². The highest BCUT2D eigenvalue weighted by Crippen LogP contribution is 2.29. The summed E-state index contributed by atoms with van der Waals surface area (Å²) in [4.78, 5) is 57.5. The van der Waals surface area contributed by atoms with Crippen LogP contribution in [0.1, 0.15) is 44.6 Å². The first-order chi connectivity index (χ1) is 21.3. The summed E-state index contributed by atoms with van der Waals surface area (Å²) in [6.45, 7) is 3.61. The minimum absolute atomic E-state index is 0.00763. The Balaban J connectivity index is 1.56. The number of amides is 2. The van der Waals surface area contributed by atoms with Gasteiger partial charge in [0, 0.05) is 24.2 Å². The minimum Gasteiger partial charge on any atom is -0.377 e. The molecule has 233 valence electrons. The number of benzene rings is 2. The molecule has 0 bridgehead atoms. The van der Waals surface area contributed by atoms with Crippen molar-refractivity contribution in [3.8, 4) is 5.82 Å². The van der Waals surface area contributed by atoms with Crippen molar-refractivity contribution in [3.05, 3.63) is 103 Å². The number of nitrogens with one attached hydrogen (secondary N) is 2. The molecule has 1 aliphatic heterocycles. The number of hydrogen-bond acceptors (Lipinski definition) is 7. The lowest BCUT2D eigenvalue weighted by Crippen LogP contribution is -2.46. The Hall–Kier alpha value is -4.27. The van der Waals surface area contributed by atoms with Crippen LogP contribution in [0, 0.1) is 0 Å². The van der Waals surface area contributed by atoms with E-state index < -0.39 is 32.2 Å². The van der Waals surface area contributed by atoms with Crippen LogP contribution in [0.4, 0.5) is 19.1 Å². The predicted molar refractivity (Wildman–Crippen MR) is 165 cm³/mol. The van der Waals surface area contributed by atoms with E-state index in [1.54, 1.807) is 17.5 Å². The lowest BCUT2D eigenvalue weighted by molar-refractivity contribution is -0.137. The molecule has 2 aromatic carbocycles. The molecule has 5 rings (SSSR count). The third-order valence-corrected chi connectivity index (χ3v) is 9.85. The SMILES string of the molecule is CNC(=O)c1cnc(-n2c(N[Si](C)c3ccc(C(F)(F)F)cc3)nc3c(c2=O)C[C@@H](C)N(C(=O)c2ccc(Cl)c(Cl)c2)C3)cn1. The highest BCUT2D eigenvalue weighted by Gasteiger charge is 2.33. The van der Waals surface area contributed by atoms with Gasteiger partial charge in [0.2, 0.25) is 14.9 Å². The number of carbonyl (C=O) groups excluding carboxylic acids is 2. The number of alkyl halides is 3. The Morgan fingerprint density at radius 3 is 2.36 bits per heavy atom. The van der Waals surface area contributed by atoms with Crippen LogP contribution in [-0.4, -0.2) is 58.3 Å². The summed E-state index contributed by atoms with van der Waals surface area (Å²) in [5, 5.41) is 3.58. The van der Waals surface area contributed by atoms with Gasteiger partial charge in [0.15, 0.2) is 5.82 Å². The second-order valence-corrected chi connectivity index (χ2v) is 13.2. The highest BCUT2D eigenvalue weighted by molar-refractivity contribution is 6.74. The van der Waals surface area contributed by atoms with Crippen molar-refractivity contribution in [2.24, 2.45) is 0 Å². The molecule has 0 unspecified atom stereocenters. The van der Waals surface area contributed by atoms with Gasteiger partial charge in [-0.1, -0.05) is 47.5 Å². The molecule has 0 fully saturated rings. The van der Waals surface area contributed by atoms with Gasteiger partial charge in [-0.15, -0.1) is 0 Å². The van der Waals surface area contributed by atoms with Crippen molar-refractivity contribution in [2.75, 3.05) is 12.0 Å². The van der Waals surface area contributed by atoms with E-state index in [4.69, 9.17) is 28.2 Å². The fraction of sp³-hybridized carbons (Fsp3) is 0.241. The summed E-state index contributed by atoms with van der Waals surface area (Å²) in [5.41, 5.74) is -0.174. The highest BCUT2D eigenvalue weighted by atomic mass is 35.5. The van der Waals surface area contributed by atoms with Gasteiger partial charge in [-0.25, -0.2) is 19.5 Å². The van der Waals surface area contributed by atoms with E-state index in [0.29, 0.717) is 27.0 Å². The number of anilines is 1. The molecule has 10 nitrogen and oxygen atoms in total. The van der Waals surface area contributed by atoms with Crippen molar-refractivity contribution in [1.82, 2.24) is 29.7 Å². The summed E-state index contributed by atoms with van der Waals surface area (Å²) in [7, 11) is -0.383. The van der Waals surface area contributed by atoms with Crippen LogP contribution in [0.5, 0.6) is 0 Å². The first kappa shape index (κ1) is 32.1. The van der Waals surface area contributed by atoms with Crippen molar-refractivity contribution in [2.45, 2.75) is 38.7 Å². The molecule has 2 amide bonds.